The van der Waals surface area contributed by atoms with Crippen LogP contribution in [0.3, 0.4) is 0 Å². The maximum Gasteiger partial charge on any atom is 0.218 e. The first-order valence-electron chi connectivity index (χ1n) is 11.2. The van der Waals surface area contributed by atoms with E-state index in [2.05, 4.69) is 76.9 Å². The Labute approximate surface area is 178 Å². The summed E-state index contributed by atoms with van der Waals surface area (Å²) >= 11 is 0. The zero-order chi connectivity index (χ0) is 21.3. The van der Waals surface area contributed by atoms with Crippen molar-refractivity contribution in [3.05, 3.63) is 23.5 Å². The molecule has 6 nitrogen and oxygen atoms in total. The van der Waals surface area contributed by atoms with E-state index in [4.69, 9.17) is 0 Å². The van der Waals surface area contributed by atoms with Gasteiger partial charge in [-0.3, -0.25) is 4.99 Å². The number of rotatable bonds is 5. The minimum Gasteiger partial charge on any atom is -0.358 e. The Bertz CT molecular complexity index is 627. The van der Waals surface area contributed by atoms with Crippen LogP contribution in [-0.4, -0.2) is 85.8 Å². The minimum atomic E-state index is 0.0181. The van der Waals surface area contributed by atoms with Crippen molar-refractivity contribution in [3.8, 4) is 0 Å². The van der Waals surface area contributed by atoms with E-state index in [1.54, 1.807) is 0 Å². The second-order valence-electron chi connectivity index (χ2n) is 8.49. The SMILES string of the molecule is C/C=C(\C=NC(=NC)NC1(C)CCCN(/C(=C\C)N2CCN(C)CC2)CC1)CC. The molecule has 2 aliphatic rings. The number of nitrogens with one attached hydrogen (secondary N) is 1. The number of piperazine rings is 1. The van der Waals surface area contributed by atoms with Crippen LogP contribution in [0.4, 0.5) is 0 Å². The summed E-state index contributed by atoms with van der Waals surface area (Å²) in [5.74, 6) is 2.14. The molecular formula is C23H42N6. The average Bonchev–Trinajstić information content (AvgIpc) is 2.92. The molecule has 2 saturated heterocycles. The zero-order valence-electron chi connectivity index (χ0n) is 19.5. The van der Waals surface area contributed by atoms with Crippen LogP contribution < -0.4 is 5.32 Å². The first kappa shape index (κ1) is 23.5. The van der Waals surface area contributed by atoms with Crippen LogP contribution >= 0.6 is 0 Å². The van der Waals surface area contributed by atoms with Crippen LogP contribution in [0.25, 0.3) is 0 Å². The Kier molecular flexibility index (Phi) is 9.21. The van der Waals surface area contributed by atoms with E-state index in [1.807, 2.05) is 13.3 Å². The molecule has 29 heavy (non-hydrogen) atoms. The summed E-state index contributed by atoms with van der Waals surface area (Å²) in [5, 5.41) is 3.65. The van der Waals surface area contributed by atoms with Crippen LogP contribution in [-0.2, 0) is 0 Å². The molecule has 0 bridgehead atoms. The molecule has 0 amide bonds. The quantitative estimate of drug-likeness (QED) is 0.566. The topological polar surface area (TPSA) is 46.5 Å². The summed E-state index contributed by atoms with van der Waals surface area (Å²) in [7, 11) is 4.03. The van der Waals surface area contributed by atoms with Gasteiger partial charge in [0, 0.05) is 58.1 Å². The lowest BCUT2D eigenvalue weighted by atomic mass is 9.93. The van der Waals surface area contributed by atoms with Crippen LogP contribution in [0.2, 0.25) is 0 Å². The number of likely N-dealkylation sites (tertiary alicyclic amines) is 1. The van der Waals surface area contributed by atoms with Gasteiger partial charge in [0.25, 0.3) is 0 Å². The lowest BCUT2D eigenvalue weighted by molar-refractivity contribution is 0.138. The minimum absolute atomic E-state index is 0.0181. The van der Waals surface area contributed by atoms with Gasteiger partial charge in [-0.15, -0.1) is 0 Å². The van der Waals surface area contributed by atoms with Crippen LogP contribution in [0.15, 0.2) is 33.5 Å². The monoisotopic (exact) mass is 402 g/mol. The third-order valence-electron chi connectivity index (χ3n) is 6.26. The van der Waals surface area contributed by atoms with E-state index in [9.17, 15) is 0 Å². The van der Waals surface area contributed by atoms with Crippen molar-refractivity contribution in [2.24, 2.45) is 9.98 Å². The molecule has 6 heteroatoms. The number of guanidine groups is 1. The lowest BCUT2D eigenvalue weighted by Crippen LogP contribution is -2.48. The molecule has 1 unspecified atom stereocenters. The third-order valence-corrected chi connectivity index (χ3v) is 6.26. The Balaban J connectivity index is 1.99. The van der Waals surface area contributed by atoms with Gasteiger partial charge in [0.05, 0.1) is 5.82 Å². The summed E-state index contributed by atoms with van der Waals surface area (Å²) < 4.78 is 0. The molecule has 164 valence electrons. The van der Waals surface area contributed by atoms with Gasteiger partial charge in [-0.25, -0.2) is 4.99 Å². The summed E-state index contributed by atoms with van der Waals surface area (Å²) in [6.07, 6.45) is 10.7. The molecule has 1 N–H and O–H groups in total. The Hall–Kier alpha value is -1.82. The zero-order valence-corrected chi connectivity index (χ0v) is 19.5. The van der Waals surface area contributed by atoms with Gasteiger partial charge in [-0.2, -0.15) is 0 Å². The van der Waals surface area contributed by atoms with E-state index in [0.29, 0.717) is 0 Å². The van der Waals surface area contributed by atoms with E-state index in [0.717, 1.165) is 64.5 Å². The average molecular weight is 403 g/mol. The number of hydrogen-bond acceptors (Lipinski definition) is 4. The number of allylic oxidation sites excluding steroid dienone is 3. The van der Waals surface area contributed by atoms with Gasteiger partial charge in [0.15, 0.2) is 0 Å². The molecule has 2 heterocycles. The summed E-state index contributed by atoms with van der Waals surface area (Å²) in [6.45, 7) is 15.4. The third kappa shape index (κ3) is 6.88. The first-order chi connectivity index (χ1) is 13.9. The van der Waals surface area contributed by atoms with Gasteiger partial charge >= 0.3 is 0 Å². The highest BCUT2D eigenvalue weighted by Crippen LogP contribution is 2.25. The van der Waals surface area contributed by atoms with Gasteiger partial charge in [-0.05, 0) is 65.2 Å². The van der Waals surface area contributed by atoms with Crippen molar-refractivity contribution in [1.82, 2.24) is 20.0 Å². The molecule has 0 aliphatic carbocycles. The van der Waals surface area contributed by atoms with Gasteiger partial charge in [-0.1, -0.05) is 13.0 Å². The van der Waals surface area contributed by atoms with Crippen molar-refractivity contribution < 1.29 is 0 Å². The number of aliphatic imine (C=N–C) groups is 2. The van der Waals surface area contributed by atoms with Crippen LogP contribution in [0.5, 0.6) is 0 Å². The standard InChI is InChI=1S/C23H42N6/c1-7-20(8-2)19-25-22(24-5)26-23(4)11-10-13-28(14-12-23)21(9-3)29-17-15-27(6)16-18-29/h7,9,19H,8,10-18H2,1-6H3,(H,24,26)/b20-7-,21-9+,25-19?. The number of likely N-dealkylation sites (N-methyl/N-ethyl adjacent to an activating group) is 1. The molecule has 2 aliphatic heterocycles. The van der Waals surface area contributed by atoms with Crippen molar-refractivity contribution in [2.75, 3.05) is 53.4 Å². The molecule has 1 atom stereocenters. The fraction of sp³-hybridized carbons (Fsp3) is 0.739. The normalized spacial score (nSPS) is 26.2. The van der Waals surface area contributed by atoms with Gasteiger partial charge in [0.1, 0.15) is 0 Å². The maximum atomic E-state index is 4.61. The lowest BCUT2D eigenvalue weighted by Gasteiger charge is -2.40. The predicted octanol–water partition coefficient (Wildman–Crippen LogP) is 3.34. The Morgan fingerprint density at radius 2 is 1.69 bits per heavy atom. The molecule has 0 aromatic carbocycles. The highest BCUT2D eigenvalue weighted by molar-refractivity contribution is 5.93. The van der Waals surface area contributed by atoms with Crippen molar-refractivity contribution in [1.29, 1.82) is 0 Å². The Morgan fingerprint density at radius 1 is 1.00 bits per heavy atom. The van der Waals surface area contributed by atoms with Crippen molar-refractivity contribution in [3.63, 3.8) is 0 Å². The number of nitrogens with zero attached hydrogens (tertiary/aromatic N) is 5. The maximum absolute atomic E-state index is 4.61. The highest BCUT2D eigenvalue weighted by Gasteiger charge is 2.30. The molecule has 2 fully saturated rings. The van der Waals surface area contributed by atoms with E-state index < -0.39 is 0 Å². The highest BCUT2D eigenvalue weighted by atomic mass is 15.4. The smallest absolute Gasteiger partial charge is 0.218 e. The molecule has 0 spiro atoms. The second kappa shape index (κ2) is 11.4. The molecule has 0 radical (unpaired) electrons. The second-order valence-corrected chi connectivity index (χ2v) is 8.49. The van der Waals surface area contributed by atoms with E-state index >= 15 is 0 Å². The van der Waals surface area contributed by atoms with Crippen molar-refractivity contribution in [2.45, 2.75) is 58.9 Å². The fourth-order valence-electron chi connectivity index (χ4n) is 4.16. The molecule has 0 aromatic rings. The largest absolute Gasteiger partial charge is 0.358 e. The van der Waals surface area contributed by atoms with E-state index in [1.165, 1.54) is 17.8 Å². The fourth-order valence-corrected chi connectivity index (χ4v) is 4.16. The molecule has 2 rings (SSSR count). The van der Waals surface area contributed by atoms with E-state index in [-0.39, 0.29) is 5.54 Å². The van der Waals surface area contributed by atoms with Crippen LogP contribution in [0.1, 0.15) is 53.4 Å². The van der Waals surface area contributed by atoms with Crippen LogP contribution in [0, 0.1) is 0 Å². The van der Waals surface area contributed by atoms with Gasteiger partial charge in [0.2, 0.25) is 5.96 Å². The number of hydrogen-bond donors (Lipinski definition) is 1. The van der Waals surface area contributed by atoms with Crippen molar-refractivity contribution >= 4 is 12.2 Å². The molecular weight excluding hydrogens is 360 g/mol. The summed E-state index contributed by atoms with van der Waals surface area (Å²) in [6, 6.07) is 0. The summed E-state index contributed by atoms with van der Waals surface area (Å²) in [4.78, 5) is 16.6. The molecule has 0 aromatic heterocycles. The summed E-state index contributed by atoms with van der Waals surface area (Å²) in [5.41, 5.74) is 1.25. The molecule has 0 saturated carbocycles. The Morgan fingerprint density at radius 3 is 2.28 bits per heavy atom. The first-order valence-corrected chi connectivity index (χ1v) is 11.2. The predicted molar refractivity (Wildman–Crippen MR) is 126 cm³/mol. The van der Waals surface area contributed by atoms with Gasteiger partial charge < -0.3 is 20.0 Å².